The van der Waals surface area contributed by atoms with E-state index in [1.165, 1.54) is 0 Å². The molecule has 0 saturated heterocycles. The van der Waals surface area contributed by atoms with E-state index < -0.39 is 5.54 Å². The summed E-state index contributed by atoms with van der Waals surface area (Å²) < 4.78 is 5.02. The van der Waals surface area contributed by atoms with Gasteiger partial charge in [0, 0.05) is 12.1 Å². The number of hydrogen-bond acceptors (Lipinski definition) is 4. The summed E-state index contributed by atoms with van der Waals surface area (Å²) in [4.78, 5) is 11.8. The van der Waals surface area contributed by atoms with Gasteiger partial charge in [-0.05, 0) is 34.7 Å². The Hall–Kier alpha value is -1.36. The molecule has 1 aromatic heterocycles. The molecular formula is C11H19N3O2. The van der Waals surface area contributed by atoms with E-state index in [1.807, 2.05) is 27.7 Å². The average molecular weight is 225 g/mol. The van der Waals surface area contributed by atoms with E-state index in [2.05, 4.69) is 15.8 Å². The number of rotatable bonds is 4. The fourth-order valence-electron chi connectivity index (χ4n) is 1.26. The molecule has 0 aromatic carbocycles. The van der Waals surface area contributed by atoms with Crippen molar-refractivity contribution in [2.75, 3.05) is 7.05 Å². The molecular weight excluding hydrogens is 206 g/mol. The van der Waals surface area contributed by atoms with Gasteiger partial charge in [-0.3, -0.25) is 4.79 Å². The lowest BCUT2D eigenvalue weighted by Gasteiger charge is -2.22. The van der Waals surface area contributed by atoms with Gasteiger partial charge in [-0.2, -0.15) is 0 Å². The number of nitrogens with zero attached hydrogens (tertiary/aromatic N) is 1. The highest BCUT2D eigenvalue weighted by Crippen LogP contribution is 2.12. The summed E-state index contributed by atoms with van der Waals surface area (Å²) in [5, 5.41) is 9.64. The van der Waals surface area contributed by atoms with Crippen molar-refractivity contribution >= 4 is 5.91 Å². The van der Waals surface area contributed by atoms with Crippen molar-refractivity contribution < 1.29 is 9.32 Å². The summed E-state index contributed by atoms with van der Waals surface area (Å²) in [5.41, 5.74) is 1.19. The monoisotopic (exact) mass is 225 g/mol. The third-order valence-electron chi connectivity index (χ3n) is 2.80. The zero-order valence-electron chi connectivity index (χ0n) is 10.5. The van der Waals surface area contributed by atoms with Gasteiger partial charge < -0.3 is 15.2 Å². The van der Waals surface area contributed by atoms with Crippen LogP contribution in [0.3, 0.4) is 0 Å². The van der Waals surface area contributed by atoms with Crippen molar-refractivity contribution in [1.82, 2.24) is 15.8 Å². The molecule has 90 valence electrons. The van der Waals surface area contributed by atoms with Gasteiger partial charge in [0.2, 0.25) is 5.91 Å². The van der Waals surface area contributed by atoms with E-state index in [9.17, 15) is 4.79 Å². The fraction of sp³-hybridized carbons (Fsp3) is 0.636. The van der Waals surface area contributed by atoms with E-state index in [-0.39, 0.29) is 5.91 Å². The minimum absolute atomic E-state index is 0.0463. The fourth-order valence-corrected chi connectivity index (χ4v) is 1.26. The number of carbonyl (C=O) groups is 1. The highest BCUT2D eigenvalue weighted by Gasteiger charge is 2.25. The van der Waals surface area contributed by atoms with E-state index in [0.29, 0.717) is 6.54 Å². The summed E-state index contributed by atoms with van der Waals surface area (Å²) in [7, 11) is 1.76. The summed E-state index contributed by atoms with van der Waals surface area (Å²) >= 11 is 0. The molecule has 5 nitrogen and oxygen atoms in total. The van der Waals surface area contributed by atoms with Crippen LogP contribution < -0.4 is 10.6 Å². The molecule has 16 heavy (non-hydrogen) atoms. The minimum atomic E-state index is -0.570. The molecule has 0 spiro atoms. The van der Waals surface area contributed by atoms with Gasteiger partial charge in [0.15, 0.2) is 0 Å². The van der Waals surface area contributed by atoms with E-state index in [4.69, 9.17) is 4.52 Å². The van der Waals surface area contributed by atoms with Crippen LogP contribution >= 0.6 is 0 Å². The number of aromatic nitrogens is 1. The molecule has 0 aliphatic carbocycles. The minimum Gasteiger partial charge on any atom is -0.361 e. The molecule has 5 heteroatoms. The molecule has 0 aliphatic rings. The van der Waals surface area contributed by atoms with Crippen LogP contribution in [-0.4, -0.2) is 23.7 Å². The van der Waals surface area contributed by atoms with Crippen LogP contribution in [0.15, 0.2) is 4.52 Å². The van der Waals surface area contributed by atoms with E-state index in [1.54, 1.807) is 7.05 Å². The molecule has 0 bridgehead atoms. The smallest absolute Gasteiger partial charge is 0.239 e. The number of carbonyl (C=O) groups excluding carboxylic acids is 1. The van der Waals surface area contributed by atoms with E-state index in [0.717, 1.165) is 17.0 Å². The highest BCUT2D eigenvalue weighted by molar-refractivity contribution is 5.85. The van der Waals surface area contributed by atoms with Crippen LogP contribution in [0.2, 0.25) is 0 Å². The molecule has 0 fully saturated rings. The van der Waals surface area contributed by atoms with Crippen molar-refractivity contribution in [3.8, 4) is 0 Å². The molecule has 0 unspecified atom stereocenters. The van der Waals surface area contributed by atoms with Crippen LogP contribution in [0.4, 0.5) is 0 Å². The Morgan fingerprint density at radius 1 is 1.44 bits per heavy atom. The Labute approximate surface area is 95.6 Å². The third kappa shape index (κ3) is 2.61. The number of hydrogen-bond donors (Lipinski definition) is 2. The first-order valence-corrected chi connectivity index (χ1v) is 5.27. The zero-order chi connectivity index (χ0) is 12.3. The van der Waals surface area contributed by atoms with Gasteiger partial charge in [-0.1, -0.05) is 5.16 Å². The average Bonchev–Trinajstić information content (AvgIpc) is 2.55. The standard InChI is InChI=1S/C11H19N3O2/c1-7-9(8(2)16-14-7)6-13-10(15)11(3,4)12-5/h12H,6H2,1-5H3,(H,13,15). The van der Waals surface area contributed by atoms with Crippen LogP contribution in [0.1, 0.15) is 30.9 Å². The van der Waals surface area contributed by atoms with E-state index >= 15 is 0 Å². The van der Waals surface area contributed by atoms with Crippen LogP contribution in [-0.2, 0) is 11.3 Å². The molecule has 1 heterocycles. The van der Waals surface area contributed by atoms with Gasteiger partial charge in [0.05, 0.1) is 11.2 Å². The summed E-state index contributed by atoms with van der Waals surface area (Å²) in [6.07, 6.45) is 0. The van der Waals surface area contributed by atoms with Gasteiger partial charge in [0.1, 0.15) is 5.76 Å². The molecule has 1 amide bonds. The first-order chi connectivity index (χ1) is 7.38. The van der Waals surface area contributed by atoms with Crippen LogP contribution in [0.25, 0.3) is 0 Å². The topological polar surface area (TPSA) is 67.2 Å². The lowest BCUT2D eigenvalue weighted by Crippen LogP contribution is -2.50. The highest BCUT2D eigenvalue weighted by atomic mass is 16.5. The summed E-state index contributed by atoms with van der Waals surface area (Å²) in [6, 6.07) is 0. The van der Waals surface area contributed by atoms with Gasteiger partial charge in [-0.25, -0.2) is 0 Å². The summed E-state index contributed by atoms with van der Waals surface area (Å²) in [5.74, 6) is 0.704. The van der Waals surface area contributed by atoms with Crippen LogP contribution in [0.5, 0.6) is 0 Å². The Morgan fingerprint density at radius 3 is 2.50 bits per heavy atom. The number of aryl methyl sites for hydroxylation is 2. The molecule has 0 aliphatic heterocycles. The van der Waals surface area contributed by atoms with Gasteiger partial charge in [0.25, 0.3) is 0 Å². The predicted molar refractivity (Wildman–Crippen MR) is 61.0 cm³/mol. The Kier molecular flexibility index (Phi) is 3.70. The lowest BCUT2D eigenvalue weighted by molar-refractivity contribution is -0.126. The molecule has 1 rings (SSSR count). The van der Waals surface area contributed by atoms with Gasteiger partial charge in [-0.15, -0.1) is 0 Å². The van der Waals surface area contributed by atoms with Crippen molar-refractivity contribution in [1.29, 1.82) is 0 Å². The Balaban J connectivity index is 2.62. The lowest BCUT2D eigenvalue weighted by atomic mass is 10.0. The summed E-state index contributed by atoms with van der Waals surface area (Å²) in [6.45, 7) is 7.81. The second-order valence-electron chi connectivity index (χ2n) is 4.36. The normalized spacial score (nSPS) is 11.6. The third-order valence-corrected chi connectivity index (χ3v) is 2.80. The largest absolute Gasteiger partial charge is 0.361 e. The maximum Gasteiger partial charge on any atom is 0.239 e. The first kappa shape index (κ1) is 12.7. The maximum atomic E-state index is 11.8. The van der Waals surface area contributed by atoms with Crippen molar-refractivity contribution in [2.45, 2.75) is 39.8 Å². The first-order valence-electron chi connectivity index (χ1n) is 5.27. The Bertz CT molecular complexity index is 363. The predicted octanol–water partition coefficient (Wildman–Crippen LogP) is 0.906. The number of nitrogens with one attached hydrogen (secondary N) is 2. The maximum absolute atomic E-state index is 11.8. The number of likely N-dealkylation sites (N-methyl/N-ethyl adjacent to an activating group) is 1. The molecule has 2 N–H and O–H groups in total. The molecule has 0 saturated carbocycles. The van der Waals surface area contributed by atoms with Crippen LogP contribution in [0, 0.1) is 13.8 Å². The molecule has 0 radical (unpaired) electrons. The zero-order valence-corrected chi connectivity index (χ0v) is 10.5. The SMILES string of the molecule is CNC(C)(C)C(=O)NCc1c(C)noc1C. The second-order valence-corrected chi connectivity index (χ2v) is 4.36. The number of amides is 1. The Morgan fingerprint density at radius 2 is 2.06 bits per heavy atom. The van der Waals surface area contributed by atoms with Crippen molar-refractivity contribution in [3.63, 3.8) is 0 Å². The van der Waals surface area contributed by atoms with Gasteiger partial charge >= 0.3 is 0 Å². The molecule has 1 aromatic rings. The molecule has 0 atom stereocenters. The second kappa shape index (κ2) is 4.65. The van der Waals surface area contributed by atoms with Crippen molar-refractivity contribution in [2.24, 2.45) is 0 Å². The van der Waals surface area contributed by atoms with Crippen molar-refractivity contribution in [3.05, 3.63) is 17.0 Å². The quantitative estimate of drug-likeness (QED) is 0.799.